The van der Waals surface area contributed by atoms with Crippen LogP contribution in [-0.4, -0.2) is 59.7 Å². The van der Waals surface area contributed by atoms with Crippen molar-refractivity contribution in [2.45, 2.75) is 25.7 Å². The van der Waals surface area contributed by atoms with Crippen LogP contribution in [0.2, 0.25) is 0 Å². The third-order valence-corrected chi connectivity index (χ3v) is 4.51. The molecule has 1 aromatic carbocycles. The van der Waals surface area contributed by atoms with Gasteiger partial charge < -0.3 is 19.7 Å². The Morgan fingerprint density at radius 2 is 2.19 bits per heavy atom. The Labute approximate surface area is 196 Å². The van der Waals surface area contributed by atoms with Gasteiger partial charge in [-0.2, -0.15) is 18.3 Å². The van der Waals surface area contributed by atoms with Crippen LogP contribution in [0.15, 0.2) is 41.7 Å². The first-order chi connectivity index (χ1) is 14.3. The van der Waals surface area contributed by atoms with Gasteiger partial charge in [0, 0.05) is 31.9 Å². The van der Waals surface area contributed by atoms with Crippen LogP contribution < -0.4 is 10.1 Å². The number of aryl methyl sites for hydroxylation is 1. The number of hydrogen-bond donors (Lipinski definition) is 1. The van der Waals surface area contributed by atoms with Crippen molar-refractivity contribution in [2.24, 2.45) is 12.0 Å². The molecule has 2 heterocycles. The smallest absolute Gasteiger partial charge is 0.422 e. The fraction of sp³-hybridized carbons (Fsp3) is 0.500. The molecule has 0 bridgehead atoms. The Bertz CT molecular complexity index is 859. The number of aromatic nitrogens is 2. The first-order valence-electron chi connectivity index (χ1n) is 9.76. The van der Waals surface area contributed by atoms with Gasteiger partial charge in [-0.1, -0.05) is 12.1 Å². The van der Waals surface area contributed by atoms with Crippen LogP contribution in [0.5, 0.6) is 5.75 Å². The SMILES string of the molecule is CCNC(=NCc1cccc(OCC(F)(F)F)c1)N1CCOC(c2cnn(C)c2)C1.I. The zero-order valence-corrected chi connectivity index (χ0v) is 19.8. The molecule has 3 rings (SSSR count). The van der Waals surface area contributed by atoms with Crippen LogP contribution in [0.25, 0.3) is 0 Å². The Morgan fingerprint density at radius 3 is 2.87 bits per heavy atom. The van der Waals surface area contributed by atoms with Crippen molar-refractivity contribution in [2.75, 3.05) is 32.8 Å². The predicted octanol–water partition coefficient (Wildman–Crippen LogP) is 3.52. The van der Waals surface area contributed by atoms with Gasteiger partial charge in [-0.05, 0) is 24.6 Å². The minimum Gasteiger partial charge on any atom is -0.484 e. The average molecular weight is 553 g/mol. The minimum absolute atomic E-state index is 0. The van der Waals surface area contributed by atoms with E-state index in [9.17, 15) is 13.2 Å². The molecule has 0 radical (unpaired) electrons. The molecule has 1 aliphatic rings. The highest BCUT2D eigenvalue weighted by Gasteiger charge is 2.28. The van der Waals surface area contributed by atoms with Gasteiger partial charge in [0.1, 0.15) is 11.9 Å². The van der Waals surface area contributed by atoms with E-state index in [4.69, 9.17) is 9.47 Å². The molecule has 7 nitrogen and oxygen atoms in total. The molecule has 1 atom stereocenters. The number of morpholine rings is 1. The normalized spacial score (nSPS) is 17.3. The molecule has 172 valence electrons. The molecule has 31 heavy (non-hydrogen) atoms. The van der Waals surface area contributed by atoms with Crippen LogP contribution in [0.3, 0.4) is 0 Å². The number of benzene rings is 1. The van der Waals surface area contributed by atoms with Crippen LogP contribution in [0.4, 0.5) is 13.2 Å². The number of guanidine groups is 1. The molecule has 1 saturated heterocycles. The quantitative estimate of drug-likeness (QED) is 0.337. The van der Waals surface area contributed by atoms with Crippen LogP contribution in [0.1, 0.15) is 24.2 Å². The lowest BCUT2D eigenvalue weighted by Gasteiger charge is -2.34. The number of aliphatic imine (C=N–C) groups is 1. The first kappa shape index (κ1) is 25.2. The summed E-state index contributed by atoms with van der Waals surface area (Å²) in [5.74, 6) is 0.907. The van der Waals surface area contributed by atoms with Crippen molar-refractivity contribution in [3.63, 3.8) is 0 Å². The van der Waals surface area contributed by atoms with E-state index in [1.54, 1.807) is 23.0 Å². The summed E-state index contributed by atoms with van der Waals surface area (Å²) in [6, 6.07) is 6.56. The first-order valence-corrected chi connectivity index (χ1v) is 9.76. The molecule has 1 aliphatic heterocycles. The van der Waals surface area contributed by atoms with Crippen LogP contribution in [0, 0.1) is 0 Å². The van der Waals surface area contributed by atoms with E-state index >= 15 is 0 Å². The molecule has 1 aromatic heterocycles. The monoisotopic (exact) mass is 553 g/mol. The van der Waals surface area contributed by atoms with Gasteiger partial charge >= 0.3 is 6.18 Å². The van der Waals surface area contributed by atoms with E-state index in [0.717, 1.165) is 17.1 Å². The molecular formula is C20H27F3IN5O2. The topological polar surface area (TPSA) is 63.9 Å². The highest BCUT2D eigenvalue weighted by molar-refractivity contribution is 14.0. The standard InChI is InChI=1S/C20H26F3N5O2.HI/c1-3-24-19(28-7-8-29-18(13-28)16-11-26-27(2)12-16)25-10-15-5-4-6-17(9-15)30-14-20(21,22)23;/h4-6,9,11-12,18H,3,7-8,10,13-14H2,1-2H3,(H,24,25);1H. The molecular weight excluding hydrogens is 526 g/mol. The average Bonchev–Trinajstić information content (AvgIpc) is 3.16. The third kappa shape index (κ3) is 7.87. The van der Waals surface area contributed by atoms with Gasteiger partial charge in [0.05, 0.1) is 25.9 Å². The zero-order chi connectivity index (χ0) is 21.6. The summed E-state index contributed by atoms with van der Waals surface area (Å²) in [4.78, 5) is 6.79. The number of ether oxygens (including phenoxy) is 2. The second-order valence-corrected chi connectivity index (χ2v) is 6.97. The Balaban J connectivity index is 0.00000341. The van der Waals surface area contributed by atoms with E-state index in [0.29, 0.717) is 32.8 Å². The lowest BCUT2D eigenvalue weighted by Crippen LogP contribution is -2.48. The number of alkyl halides is 3. The van der Waals surface area contributed by atoms with Crippen LogP contribution >= 0.6 is 24.0 Å². The highest BCUT2D eigenvalue weighted by atomic mass is 127. The highest BCUT2D eigenvalue weighted by Crippen LogP contribution is 2.22. The van der Waals surface area contributed by atoms with Crippen molar-refractivity contribution >= 4 is 29.9 Å². The van der Waals surface area contributed by atoms with Crippen molar-refractivity contribution < 1.29 is 22.6 Å². The molecule has 2 aromatic rings. The van der Waals surface area contributed by atoms with Gasteiger partial charge in [-0.15, -0.1) is 24.0 Å². The molecule has 0 amide bonds. The molecule has 1 fully saturated rings. The molecule has 1 unspecified atom stereocenters. The zero-order valence-electron chi connectivity index (χ0n) is 17.4. The summed E-state index contributed by atoms with van der Waals surface area (Å²) in [6.45, 7) is 3.57. The number of nitrogens with one attached hydrogen (secondary N) is 1. The van der Waals surface area contributed by atoms with Gasteiger partial charge in [-0.25, -0.2) is 4.99 Å². The lowest BCUT2D eigenvalue weighted by atomic mass is 10.1. The summed E-state index contributed by atoms with van der Waals surface area (Å²) in [6.07, 6.45) is -0.738. The third-order valence-electron chi connectivity index (χ3n) is 4.51. The van der Waals surface area contributed by atoms with Gasteiger partial charge in [0.2, 0.25) is 0 Å². The van der Waals surface area contributed by atoms with Crippen molar-refractivity contribution in [3.05, 3.63) is 47.8 Å². The minimum atomic E-state index is -4.37. The second-order valence-electron chi connectivity index (χ2n) is 6.97. The number of rotatable bonds is 6. The van der Waals surface area contributed by atoms with Crippen molar-refractivity contribution in [3.8, 4) is 5.75 Å². The van der Waals surface area contributed by atoms with Gasteiger partial charge in [-0.3, -0.25) is 4.68 Å². The largest absolute Gasteiger partial charge is 0.484 e. The molecule has 0 aliphatic carbocycles. The maximum Gasteiger partial charge on any atom is 0.422 e. The van der Waals surface area contributed by atoms with E-state index in [1.165, 1.54) is 6.07 Å². The van der Waals surface area contributed by atoms with E-state index in [-0.39, 0.29) is 35.8 Å². The molecule has 11 heteroatoms. The maximum absolute atomic E-state index is 12.4. The van der Waals surface area contributed by atoms with Crippen molar-refractivity contribution in [1.82, 2.24) is 20.0 Å². The van der Waals surface area contributed by atoms with E-state index in [2.05, 4.69) is 20.3 Å². The number of halogens is 4. The summed E-state index contributed by atoms with van der Waals surface area (Å²) in [5.41, 5.74) is 1.77. The fourth-order valence-electron chi connectivity index (χ4n) is 3.14. The number of hydrogen-bond acceptors (Lipinski definition) is 4. The summed E-state index contributed by atoms with van der Waals surface area (Å²) in [5, 5.41) is 7.48. The Kier molecular flexibility index (Phi) is 9.41. The summed E-state index contributed by atoms with van der Waals surface area (Å²) < 4.78 is 49.5. The van der Waals surface area contributed by atoms with Gasteiger partial charge in [0.25, 0.3) is 0 Å². The van der Waals surface area contributed by atoms with Crippen LogP contribution in [-0.2, 0) is 18.3 Å². The Morgan fingerprint density at radius 1 is 1.39 bits per heavy atom. The molecule has 1 N–H and O–H groups in total. The van der Waals surface area contributed by atoms with Crippen molar-refractivity contribution in [1.29, 1.82) is 0 Å². The second kappa shape index (κ2) is 11.6. The van der Waals surface area contributed by atoms with Gasteiger partial charge in [0.15, 0.2) is 12.6 Å². The fourth-order valence-corrected chi connectivity index (χ4v) is 3.14. The molecule has 0 saturated carbocycles. The summed E-state index contributed by atoms with van der Waals surface area (Å²) >= 11 is 0. The maximum atomic E-state index is 12.4. The Hall–Kier alpha value is -2.02. The van der Waals surface area contributed by atoms with E-state index in [1.807, 2.05) is 26.2 Å². The van der Waals surface area contributed by atoms with E-state index < -0.39 is 12.8 Å². The lowest BCUT2D eigenvalue weighted by molar-refractivity contribution is -0.153. The summed E-state index contributed by atoms with van der Waals surface area (Å²) in [7, 11) is 1.86. The number of nitrogens with zero attached hydrogens (tertiary/aromatic N) is 4. The predicted molar refractivity (Wildman–Crippen MR) is 122 cm³/mol. The molecule has 0 spiro atoms.